The second-order valence-electron chi connectivity index (χ2n) is 5.70. The number of aromatic nitrogens is 1. The Hall–Kier alpha value is -1.13. The summed E-state index contributed by atoms with van der Waals surface area (Å²) in [7, 11) is 2.11. The molecule has 4 heteroatoms. The summed E-state index contributed by atoms with van der Waals surface area (Å²) >= 11 is 0. The number of hydrogen-bond donors (Lipinski definition) is 1. The molecule has 1 saturated carbocycles. The van der Waals surface area contributed by atoms with Gasteiger partial charge in [0.25, 0.3) is 0 Å². The summed E-state index contributed by atoms with van der Waals surface area (Å²) in [5, 5.41) is 3.54. The van der Waals surface area contributed by atoms with E-state index in [-0.39, 0.29) is 0 Å². The second kappa shape index (κ2) is 5.47. The predicted octanol–water partition coefficient (Wildman–Crippen LogP) is 1.87. The fourth-order valence-corrected chi connectivity index (χ4v) is 2.52. The van der Waals surface area contributed by atoms with Crippen LogP contribution in [0.3, 0.4) is 0 Å². The molecule has 1 aliphatic carbocycles. The van der Waals surface area contributed by atoms with Crippen molar-refractivity contribution in [3.63, 3.8) is 0 Å². The first-order valence-electron chi connectivity index (χ1n) is 7.24. The Bertz CT molecular complexity index is 439. The summed E-state index contributed by atoms with van der Waals surface area (Å²) in [6.45, 7) is 4.74. The lowest BCUT2D eigenvalue weighted by Crippen LogP contribution is -2.32. The molecule has 1 atom stereocenters. The maximum atomic E-state index is 5.45. The zero-order valence-corrected chi connectivity index (χ0v) is 11.9. The molecule has 0 aromatic carbocycles. The number of aryl methyl sites for hydroxylation is 1. The van der Waals surface area contributed by atoms with E-state index in [1.807, 2.05) is 0 Å². The number of likely N-dealkylation sites (N-methyl/N-ethyl adjacent to an activating group) is 1. The minimum absolute atomic E-state index is 0.474. The molecule has 1 aliphatic heterocycles. The molecule has 3 rings (SSSR count). The summed E-state index contributed by atoms with van der Waals surface area (Å²) in [6, 6.07) is 5.56. The maximum absolute atomic E-state index is 5.45. The molecular weight excluding hydrogens is 238 g/mol. The molecule has 1 aromatic rings. The topological polar surface area (TPSA) is 37.4 Å². The smallest absolute Gasteiger partial charge is 0.128 e. The van der Waals surface area contributed by atoms with Crippen LogP contribution >= 0.6 is 0 Å². The minimum atomic E-state index is 0.474. The van der Waals surface area contributed by atoms with E-state index in [0.29, 0.717) is 6.04 Å². The van der Waals surface area contributed by atoms with E-state index in [0.717, 1.165) is 43.7 Å². The van der Waals surface area contributed by atoms with E-state index in [4.69, 9.17) is 9.72 Å². The van der Waals surface area contributed by atoms with Crippen molar-refractivity contribution in [1.82, 2.24) is 10.3 Å². The van der Waals surface area contributed by atoms with Crippen LogP contribution in [0.1, 0.15) is 30.5 Å². The van der Waals surface area contributed by atoms with Crippen molar-refractivity contribution in [1.29, 1.82) is 0 Å². The van der Waals surface area contributed by atoms with Crippen LogP contribution in [0.2, 0.25) is 0 Å². The van der Waals surface area contributed by atoms with Gasteiger partial charge in [0.1, 0.15) is 5.82 Å². The highest BCUT2D eigenvalue weighted by molar-refractivity contribution is 5.42. The third kappa shape index (κ3) is 3.07. The van der Waals surface area contributed by atoms with Crippen molar-refractivity contribution in [2.75, 3.05) is 25.2 Å². The Balaban J connectivity index is 1.66. The van der Waals surface area contributed by atoms with Crippen LogP contribution < -0.4 is 10.2 Å². The number of hydrogen-bond acceptors (Lipinski definition) is 4. The highest BCUT2D eigenvalue weighted by Gasteiger charge is 2.22. The third-order valence-electron chi connectivity index (χ3n) is 4.15. The molecule has 1 aromatic heterocycles. The lowest BCUT2D eigenvalue weighted by atomic mass is 10.2. The van der Waals surface area contributed by atoms with Crippen molar-refractivity contribution < 1.29 is 4.74 Å². The second-order valence-corrected chi connectivity index (χ2v) is 5.70. The molecule has 104 valence electrons. The molecule has 4 nitrogen and oxygen atoms in total. The molecule has 0 bridgehead atoms. The number of rotatable bonds is 5. The highest BCUT2D eigenvalue weighted by Crippen LogP contribution is 2.22. The number of pyridine rings is 1. The zero-order chi connectivity index (χ0) is 13.2. The van der Waals surface area contributed by atoms with Gasteiger partial charge in [0.15, 0.2) is 0 Å². The molecule has 1 saturated heterocycles. The summed E-state index contributed by atoms with van der Waals surface area (Å²) in [4.78, 5) is 6.99. The number of nitrogens with zero attached hydrogens (tertiary/aromatic N) is 2. The fraction of sp³-hybridized carbons (Fsp3) is 0.667. The van der Waals surface area contributed by atoms with Crippen LogP contribution in [0.4, 0.5) is 5.82 Å². The van der Waals surface area contributed by atoms with Gasteiger partial charge in [-0.15, -0.1) is 0 Å². The number of nitrogens with one attached hydrogen (secondary N) is 1. The molecule has 1 N–H and O–H groups in total. The van der Waals surface area contributed by atoms with E-state index in [9.17, 15) is 0 Å². The maximum Gasteiger partial charge on any atom is 0.128 e. The molecule has 0 spiro atoms. The van der Waals surface area contributed by atoms with Gasteiger partial charge >= 0.3 is 0 Å². The average molecular weight is 261 g/mol. The van der Waals surface area contributed by atoms with Crippen LogP contribution in [0, 0.1) is 6.92 Å². The Morgan fingerprint density at radius 3 is 2.84 bits per heavy atom. The van der Waals surface area contributed by atoms with Gasteiger partial charge in [-0.05, 0) is 37.8 Å². The number of ether oxygens (including phenoxy) is 1. The van der Waals surface area contributed by atoms with Crippen molar-refractivity contribution in [3.05, 3.63) is 23.4 Å². The van der Waals surface area contributed by atoms with Crippen molar-refractivity contribution in [2.45, 2.75) is 44.8 Å². The van der Waals surface area contributed by atoms with Gasteiger partial charge in [0.05, 0.1) is 12.6 Å². The standard InChI is InChI=1S/C15H23N3O/c1-11-12(9-16-13-4-5-13)3-6-15(17-11)18(2)14-7-8-19-10-14/h3,6,13-14,16H,4-5,7-10H2,1-2H3. The van der Waals surface area contributed by atoms with Crippen LogP contribution in [-0.2, 0) is 11.3 Å². The van der Waals surface area contributed by atoms with E-state index in [2.05, 4.69) is 36.3 Å². The van der Waals surface area contributed by atoms with Gasteiger partial charge in [-0.1, -0.05) is 6.07 Å². The van der Waals surface area contributed by atoms with Crippen molar-refractivity contribution >= 4 is 5.82 Å². The largest absolute Gasteiger partial charge is 0.379 e. The van der Waals surface area contributed by atoms with Crippen LogP contribution in [0.25, 0.3) is 0 Å². The van der Waals surface area contributed by atoms with Gasteiger partial charge in [-0.3, -0.25) is 0 Å². The Labute approximate surface area is 115 Å². The van der Waals surface area contributed by atoms with E-state index >= 15 is 0 Å². The molecule has 0 amide bonds. The van der Waals surface area contributed by atoms with E-state index < -0.39 is 0 Å². The van der Waals surface area contributed by atoms with Gasteiger partial charge in [-0.2, -0.15) is 0 Å². The monoisotopic (exact) mass is 261 g/mol. The SMILES string of the molecule is Cc1nc(N(C)C2CCOC2)ccc1CNC1CC1. The number of anilines is 1. The van der Waals surface area contributed by atoms with Crippen LogP contribution in [-0.4, -0.2) is 37.3 Å². The van der Waals surface area contributed by atoms with E-state index in [1.165, 1.54) is 18.4 Å². The van der Waals surface area contributed by atoms with E-state index in [1.54, 1.807) is 0 Å². The summed E-state index contributed by atoms with van der Waals surface area (Å²) in [5.74, 6) is 1.06. The average Bonchev–Trinajstić information content (AvgIpc) is 3.08. The Kier molecular flexibility index (Phi) is 3.71. The Morgan fingerprint density at radius 2 is 2.21 bits per heavy atom. The van der Waals surface area contributed by atoms with Gasteiger partial charge < -0.3 is 15.0 Å². The lowest BCUT2D eigenvalue weighted by Gasteiger charge is -2.25. The molecule has 2 fully saturated rings. The molecule has 2 aliphatic rings. The van der Waals surface area contributed by atoms with Gasteiger partial charge in [-0.25, -0.2) is 4.98 Å². The highest BCUT2D eigenvalue weighted by atomic mass is 16.5. The van der Waals surface area contributed by atoms with Gasteiger partial charge in [0.2, 0.25) is 0 Å². The van der Waals surface area contributed by atoms with Gasteiger partial charge in [0, 0.05) is 31.9 Å². The normalized spacial score (nSPS) is 22.7. The minimum Gasteiger partial charge on any atom is -0.379 e. The third-order valence-corrected chi connectivity index (χ3v) is 4.15. The van der Waals surface area contributed by atoms with Crippen molar-refractivity contribution in [3.8, 4) is 0 Å². The lowest BCUT2D eigenvalue weighted by molar-refractivity contribution is 0.193. The molecule has 1 unspecified atom stereocenters. The zero-order valence-electron chi connectivity index (χ0n) is 11.9. The molecule has 0 radical (unpaired) electrons. The van der Waals surface area contributed by atoms with Crippen molar-refractivity contribution in [2.24, 2.45) is 0 Å². The quantitative estimate of drug-likeness (QED) is 0.878. The molecular formula is C15H23N3O. The summed E-state index contributed by atoms with van der Waals surface area (Å²) in [5.41, 5.74) is 2.45. The van der Waals surface area contributed by atoms with Crippen LogP contribution in [0.15, 0.2) is 12.1 Å². The molecule has 19 heavy (non-hydrogen) atoms. The first kappa shape index (κ1) is 12.9. The Morgan fingerprint density at radius 1 is 1.37 bits per heavy atom. The fourth-order valence-electron chi connectivity index (χ4n) is 2.52. The summed E-state index contributed by atoms with van der Waals surface area (Å²) in [6.07, 6.45) is 3.76. The first-order chi connectivity index (χ1) is 9.24. The first-order valence-corrected chi connectivity index (χ1v) is 7.24. The summed E-state index contributed by atoms with van der Waals surface area (Å²) < 4.78 is 5.45. The molecule has 2 heterocycles. The predicted molar refractivity (Wildman–Crippen MR) is 76.5 cm³/mol. The van der Waals surface area contributed by atoms with Crippen LogP contribution in [0.5, 0.6) is 0 Å².